The van der Waals surface area contributed by atoms with Gasteiger partial charge in [-0.2, -0.15) is 0 Å². The zero-order valence-electron chi connectivity index (χ0n) is 23.6. The number of hydrogen-bond donors (Lipinski definition) is 4. The minimum Gasteiger partial charge on any atom is -0.508 e. The molecule has 2 aromatic rings. The molecule has 8 nitrogen and oxygen atoms in total. The number of aliphatic hydroxyl groups is 1. The van der Waals surface area contributed by atoms with Crippen molar-refractivity contribution in [1.82, 2.24) is 15.5 Å². The molecule has 0 aromatic heterocycles. The van der Waals surface area contributed by atoms with Gasteiger partial charge in [0.25, 0.3) is 11.8 Å². The fraction of sp³-hybridized carbons (Fsp3) is 0.516. The molecule has 0 bridgehead atoms. The summed E-state index contributed by atoms with van der Waals surface area (Å²) in [6, 6.07) is 12.3. The second-order valence-electron chi connectivity index (χ2n) is 11.5. The number of thioether (sulfide) groups is 1. The number of rotatable bonds is 9. The Hall–Kier alpha value is -3.04. The molecule has 2 aliphatic rings. The Morgan fingerprint density at radius 2 is 1.75 bits per heavy atom. The summed E-state index contributed by atoms with van der Waals surface area (Å²) in [5, 5.41) is 27.4. The predicted octanol–water partition coefficient (Wildman–Crippen LogP) is 3.78. The van der Waals surface area contributed by atoms with Gasteiger partial charge in [-0.3, -0.25) is 14.4 Å². The SMILES string of the molecule is Cc1c(O)cccc1C(=O)N[C@@H](Cc1ccccc1)[C@H](O)C(=O)N1CSC(C)(C)[C@@H]1C(=O)NCC1CCCCC1. The average Bonchev–Trinajstić information content (AvgIpc) is 3.27. The van der Waals surface area contributed by atoms with E-state index in [0.717, 1.165) is 18.4 Å². The Kier molecular flexibility index (Phi) is 9.79. The van der Waals surface area contributed by atoms with Crippen LogP contribution in [0.3, 0.4) is 0 Å². The largest absolute Gasteiger partial charge is 0.508 e. The van der Waals surface area contributed by atoms with Gasteiger partial charge < -0.3 is 25.7 Å². The van der Waals surface area contributed by atoms with E-state index in [0.29, 0.717) is 18.0 Å². The van der Waals surface area contributed by atoms with Crippen molar-refractivity contribution >= 4 is 29.5 Å². The van der Waals surface area contributed by atoms with Gasteiger partial charge in [-0.05, 0) is 63.6 Å². The number of benzene rings is 2. The van der Waals surface area contributed by atoms with E-state index in [4.69, 9.17) is 0 Å². The maximum absolute atomic E-state index is 13.8. The maximum atomic E-state index is 13.8. The number of hydrogen-bond acceptors (Lipinski definition) is 6. The molecule has 40 heavy (non-hydrogen) atoms. The van der Waals surface area contributed by atoms with Gasteiger partial charge in [0.05, 0.1) is 11.9 Å². The Bertz CT molecular complexity index is 1200. The third-order valence-corrected chi connectivity index (χ3v) is 9.54. The third-order valence-electron chi connectivity index (χ3n) is 8.17. The Morgan fingerprint density at radius 1 is 1.05 bits per heavy atom. The number of carbonyl (C=O) groups is 3. The molecular formula is C31H41N3O5S. The second kappa shape index (κ2) is 13.1. The van der Waals surface area contributed by atoms with Gasteiger partial charge in [0, 0.05) is 22.4 Å². The van der Waals surface area contributed by atoms with Gasteiger partial charge in [0.15, 0.2) is 6.10 Å². The number of carbonyl (C=O) groups excluding carboxylic acids is 3. The molecule has 0 spiro atoms. The minimum atomic E-state index is -1.58. The number of nitrogens with one attached hydrogen (secondary N) is 2. The Morgan fingerprint density at radius 3 is 2.45 bits per heavy atom. The number of nitrogens with zero attached hydrogens (tertiary/aromatic N) is 1. The van der Waals surface area contributed by atoms with E-state index in [9.17, 15) is 24.6 Å². The second-order valence-corrected chi connectivity index (χ2v) is 13.1. The summed E-state index contributed by atoms with van der Waals surface area (Å²) in [4.78, 5) is 42.0. The van der Waals surface area contributed by atoms with Crippen LogP contribution in [0.2, 0.25) is 0 Å². The van der Waals surface area contributed by atoms with Gasteiger partial charge in [-0.15, -0.1) is 11.8 Å². The summed E-state index contributed by atoms with van der Waals surface area (Å²) in [6.07, 6.45) is 4.43. The molecule has 1 aliphatic carbocycles. The highest BCUT2D eigenvalue weighted by Crippen LogP contribution is 2.40. The zero-order valence-corrected chi connectivity index (χ0v) is 24.4. The summed E-state index contributed by atoms with van der Waals surface area (Å²) >= 11 is 1.50. The van der Waals surface area contributed by atoms with E-state index in [-0.39, 0.29) is 29.5 Å². The monoisotopic (exact) mass is 567 g/mol. The fourth-order valence-electron chi connectivity index (χ4n) is 5.71. The topological polar surface area (TPSA) is 119 Å². The Balaban J connectivity index is 1.53. The summed E-state index contributed by atoms with van der Waals surface area (Å²) in [5.41, 5.74) is 1.51. The van der Waals surface area contributed by atoms with E-state index < -0.39 is 34.7 Å². The lowest BCUT2D eigenvalue weighted by molar-refractivity contribution is -0.147. The van der Waals surface area contributed by atoms with Crippen LogP contribution in [0.1, 0.15) is 67.4 Å². The van der Waals surface area contributed by atoms with E-state index in [2.05, 4.69) is 10.6 Å². The molecule has 1 aliphatic heterocycles. The zero-order chi connectivity index (χ0) is 28.9. The van der Waals surface area contributed by atoms with Crippen LogP contribution in [0.5, 0.6) is 5.75 Å². The van der Waals surface area contributed by atoms with Crippen molar-refractivity contribution in [2.45, 2.75) is 82.2 Å². The molecule has 4 N–H and O–H groups in total. The summed E-state index contributed by atoms with van der Waals surface area (Å²) < 4.78 is -0.539. The van der Waals surface area contributed by atoms with Gasteiger partial charge in [0.1, 0.15) is 11.8 Å². The third kappa shape index (κ3) is 6.99. The first kappa shape index (κ1) is 29.9. The molecule has 216 valence electrons. The molecule has 4 rings (SSSR count). The van der Waals surface area contributed by atoms with Gasteiger partial charge in [-0.1, -0.05) is 55.7 Å². The normalized spacial score (nSPS) is 20.5. The first-order valence-corrected chi connectivity index (χ1v) is 15.1. The van der Waals surface area contributed by atoms with Crippen LogP contribution >= 0.6 is 11.8 Å². The smallest absolute Gasteiger partial charge is 0.254 e. The number of aliphatic hydroxyl groups excluding tert-OH is 1. The molecule has 3 amide bonds. The summed E-state index contributed by atoms with van der Waals surface area (Å²) in [7, 11) is 0. The van der Waals surface area contributed by atoms with Gasteiger partial charge in [-0.25, -0.2) is 0 Å². The lowest BCUT2D eigenvalue weighted by Gasteiger charge is -2.34. The number of phenolic OH excluding ortho intramolecular Hbond substituents is 1. The molecule has 2 aromatic carbocycles. The summed E-state index contributed by atoms with van der Waals surface area (Å²) in [6.45, 7) is 6.11. The highest BCUT2D eigenvalue weighted by atomic mass is 32.2. The average molecular weight is 568 g/mol. The van der Waals surface area contributed by atoms with Crippen LogP contribution in [0.15, 0.2) is 48.5 Å². The van der Waals surface area contributed by atoms with Crippen LogP contribution in [-0.4, -0.2) is 68.2 Å². The maximum Gasteiger partial charge on any atom is 0.254 e. The molecule has 1 saturated carbocycles. The first-order valence-electron chi connectivity index (χ1n) is 14.1. The Labute approximate surface area is 240 Å². The fourth-order valence-corrected chi connectivity index (χ4v) is 6.85. The standard InChI is InChI=1S/C31H41N3O5S/c1-20-23(15-10-16-25(20)35)28(37)33-24(17-21-11-6-4-7-12-21)26(36)30(39)34-19-40-31(2,3)27(34)29(38)32-18-22-13-8-5-9-14-22/h4,6-7,10-12,15-16,22,24,26-27,35-36H,5,8-9,13-14,17-19H2,1-3H3,(H,32,38)(H,33,37)/t24-,26-,27-/m0/s1. The molecular weight excluding hydrogens is 526 g/mol. The lowest BCUT2D eigenvalue weighted by Crippen LogP contribution is -2.59. The van der Waals surface area contributed by atoms with Crippen molar-refractivity contribution < 1.29 is 24.6 Å². The number of amides is 3. The molecule has 2 fully saturated rings. The molecule has 0 radical (unpaired) electrons. The van der Waals surface area contributed by atoms with Gasteiger partial charge >= 0.3 is 0 Å². The van der Waals surface area contributed by atoms with Crippen molar-refractivity contribution in [2.75, 3.05) is 12.4 Å². The van der Waals surface area contributed by atoms with E-state index >= 15 is 0 Å². The quantitative estimate of drug-likeness (QED) is 0.366. The van der Waals surface area contributed by atoms with Crippen molar-refractivity contribution in [1.29, 1.82) is 0 Å². The summed E-state index contributed by atoms with van der Waals surface area (Å²) in [5.74, 6) is -0.593. The van der Waals surface area contributed by atoms with Crippen LogP contribution in [0, 0.1) is 12.8 Å². The number of phenols is 1. The van der Waals surface area contributed by atoms with Crippen LogP contribution in [0.25, 0.3) is 0 Å². The minimum absolute atomic E-state index is 0.0118. The van der Waals surface area contributed by atoms with Crippen LogP contribution in [0.4, 0.5) is 0 Å². The van der Waals surface area contributed by atoms with Crippen molar-refractivity contribution in [3.8, 4) is 5.75 Å². The molecule has 9 heteroatoms. The van der Waals surface area contributed by atoms with E-state index in [1.54, 1.807) is 19.1 Å². The molecule has 1 saturated heterocycles. The van der Waals surface area contributed by atoms with Crippen molar-refractivity contribution in [2.24, 2.45) is 5.92 Å². The van der Waals surface area contributed by atoms with E-state index in [1.807, 2.05) is 44.2 Å². The van der Waals surface area contributed by atoms with Gasteiger partial charge in [0.2, 0.25) is 5.91 Å². The lowest BCUT2D eigenvalue weighted by atomic mass is 9.89. The molecule has 1 heterocycles. The van der Waals surface area contributed by atoms with Crippen LogP contribution < -0.4 is 10.6 Å². The van der Waals surface area contributed by atoms with Crippen molar-refractivity contribution in [3.63, 3.8) is 0 Å². The highest BCUT2D eigenvalue weighted by molar-refractivity contribution is 8.00. The van der Waals surface area contributed by atoms with Crippen LogP contribution in [-0.2, 0) is 16.0 Å². The molecule has 0 unspecified atom stereocenters. The first-order chi connectivity index (χ1) is 19.1. The van der Waals surface area contributed by atoms with Crippen molar-refractivity contribution in [3.05, 3.63) is 65.2 Å². The molecule has 3 atom stereocenters. The number of aromatic hydroxyl groups is 1. The highest BCUT2D eigenvalue weighted by Gasteiger charge is 2.49. The predicted molar refractivity (Wildman–Crippen MR) is 157 cm³/mol. The van der Waals surface area contributed by atoms with E-state index in [1.165, 1.54) is 42.0 Å².